The molecule has 7 aromatic carbocycles. The predicted molar refractivity (Wildman–Crippen MR) is 307 cm³/mol. The molecule has 72 heavy (non-hydrogen) atoms. The molecule has 0 bridgehead atoms. The number of imidazole rings is 1. The van der Waals surface area contributed by atoms with Gasteiger partial charge in [-0.15, -0.1) is 0 Å². The van der Waals surface area contributed by atoms with Crippen molar-refractivity contribution in [1.82, 2.24) is 14.5 Å². The molecule has 0 unspecified atom stereocenters. The Morgan fingerprint density at radius 3 is 1.65 bits per heavy atom. The normalized spacial score (nSPS) is 13.1. The van der Waals surface area contributed by atoms with Crippen molar-refractivity contribution in [2.24, 2.45) is 0 Å². The molecule has 0 radical (unpaired) electrons. The molecule has 0 spiro atoms. The fourth-order valence-corrected chi connectivity index (χ4v) is 9.82. The van der Waals surface area contributed by atoms with Gasteiger partial charge in [-0.1, -0.05) is 213 Å². The highest BCUT2D eigenvalue weighted by molar-refractivity contribution is 5.98. The largest absolute Gasteiger partial charge is 0.507 e. The Bertz CT molecular complexity index is 3590. The molecule has 366 valence electrons. The lowest BCUT2D eigenvalue weighted by Crippen LogP contribution is -2.17. The number of pyridine rings is 1. The van der Waals surface area contributed by atoms with Crippen molar-refractivity contribution >= 4 is 11.0 Å². The highest BCUT2D eigenvalue weighted by atomic mass is 16.3. The van der Waals surface area contributed by atoms with Crippen LogP contribution in [0.15, 0.2) is 164 Å². The van der Waals surface area contributed by atoms with Gasteiger partial charge in [0.15, 0.2) is 0 Å². The van der Waals surface area contributed by atoms with Gasteiger partial charge in [-0.3, -0.25) is 9.55 Å². The average Bonchev–Trinajstić information content (AvgIpc) is 3.72. The SMILES string of the molecule is [2H]c1cnc(-c2cc(-c3cccc4c3nc(-c3cc(C(C)(C)C)cc(C(C)(C)C)c3O)n4-c3ccc(C(C)(C)C)cc3-c3ccccc3)cc(C(C)(C)C)c2)c([2H])c1-c1ccc(-c2ccccc2C(C)(C)C)cc1. The molecule has 0 aliphatic heterocycles. The van der Waals surface area contributed by atoms with E-state index in [9.17, 15) is 6.48 Å². The van der Waals surface area contributed by atoms with E-state index in [1.807, 2.05) is 12.1 Å². The smallest absolute Gasteiger partial charge is 0.149 e. The fraction of sp³-hybridized carbons (Fsp3) is 0.294. The zero-order valence-corrected chi connectivity index (χ0v) is 45.2. The Balaban J connectivity index is 1.30. The van der Waals surface area contributed by atoms with Gasteiger partial charge in [-0.25, -0.2) is 4.98 Å². The summed E-state index contributed by atoms with van der Waals surface area (Å²) in [6.45, 7) is 33.2. The standard InChI is InChI=1S/C68H73N3O/c1-64(2,3)49-32-33-59(54(40-49)44-22-17-16-18-23-44)71-60-27-21-25-53(61(60)70-63(71)55-41-51(66(7,8)9)42-57(62(55)72)68(13,14)15)47-36-48(38-50(37-47)65(4,5)6)58-39-46(34-35-69-58)43-28-30-45(31-29-43)52-24-19-20-26-56(52)67(10,11)12/h16-42,72H,1-15H3/i34D,39D. The Kier molecular flexibility index (Phi) is 12.0. The second kappa shape index (κ2) is 18.2. The Labute approximate surface area is 432 Å². The first-order valence-electron chi connectivity index (χ1n) is 26.5. The molecule has 2 heterocycles. The Hall–Kier alpha value is -7.04. The van der Waals surface area contributed by atoms with Crippen LogP contribution in [0.4, 0.5) is 0 Å². The molecule has 9 rings (SSSR count). The molecule has 4 nitrogen and oxygen atoms in total. The van der Waals surface area contributed by atoms with Gasteiger partial charge in [-0.05, 0) is 131 Å². The quantitative estimate of drug-likeness (QED) is 0.173. The lowest BCUT2D eigenvalue weighted by molar-refractivity contribution is 0.446. The molecular formula is C68H73N3O. The number of phenols is 1. The number of fused-ring (bicyclic) bond motifs is 1. The molecule has 1 N–H and O–H groups in total. The van der Waals surface area contributed by atoms with E-state index < -0.39 is 0 Å². The van der Waals surface area contributed by atoms with E-state index in [1.54, 1.807) is 6.20 Å². The van der Waals surface area contributed by atoms with Crippen molar-refractivity contribution in [2.75, 3.05) is 0 Å². The van der Waals surface area contributed by atoms with E-state index in [0.29, 0.717) is 22.6 Å². The topological polar surface area (TPSA) is 50.9 Å². The van der Waals surface area contributed by atoms with E-state index in [4.69, 9.17) is 11.3 Å². The summed E-state index contributed by atoms with van der Waals surface area (Å²) in [4.78, 5) is 10.6. The lowest BCUT2D eigenvalue weighted by Gasteiger charge is -2.28. The van der Waals surface area contributed by atoms with Crippen molar-refractivity contribution in [2.45, 2.75) is 131 Å². The first-order chi connectivity index (χ1) is 34.6. The van der Waals surface area contributed by atoms with Crippen LogP contribution in [0, 0.1) is 0 Å². The summed E-state index contributed by atoms with van der Waals surface area (Å²) in [5, 5.41) is 12.6. The van der Waals surface area contributed by atoms with Crippen LogP contribution >= 0.6 is 0 Å². The number of hydrogen-bond donors (Lipinski definition) is 1. The van der Waals surface area contributed by atoms with Gasteiger partial charge >= 0.3 is 0 Å². The molecule has 0 atom stereocenters. The number of para-hydroxylation sites is 1. The predicted octanol–water partition coefficient (Wildman–Crippen LogP) is 18.6. The maximum absolute atomic E-state index is 12.6. The van der Waals surface area contributed by atoms with Crippen LogP contribution in [0.2, 0.25) is 0 Å². The maximum Gasteiger partial charge on any atom is 0.149 e. The highest BCUT2D eigenvalue weighted by Gasteiger charge is 2.30. The third-order valence-corrected chi connectivity index (χ3v) is 14.1. The van der Waals surface area contributed by atoms with Gasteiger partial charge in [-0.2, -0.15) is 0 Å². The second-order valence-corrected chi connectivity index (χ2v) is 24.9. The Morgan fingerprint density at radius 2 is 1.00 bits per heavy atom. The van der Waals surface area contributed by atoms with Crippen LogP contribution in [0.5, 0.6) is 5.75 Å². The first-order valence-corrected chi connectivity index (χ1v) is 25.5. The molecule has 0 amide bonds. The van der Waals surface area contributed by atoms with Crippen LogP contribution < -0.4 is 0 Å². The van der Waals surface area contributed by atoms with Crippen LogP contribution in [0.3, 0.4) is 0 Å². The molecule has 0 fully saturated rings. The number of aromatic nitrogens is 3. The van der Waals surface area contributed by atoms with Crippen molar-refractivity contribution < 1.29 is 7.85 Å². The van der Waals surface area contributed by atoms with Crippen LogP contribution in [0.25, 0.3) is 83.9 Å². The molecule has 0 saturated carbocycles. The maximum atomic E-state index is 12.6. The van der Waals surface area contributed by atoms with E-state index in [-0.39, 0.29) is 44.9 Å². The van der Waals surface area contributed by atoms with Crippen LogP contribution in [-0.4, -0.2) is 19.6 Å². The highest BCUT2D eigenvalue weighted by Crippen LogP contribution is 2.46. The Morgan fingerprint density at radius 1 is 0.431 bits per heavy atom. The minimum absolute atomic E-state index is 0.0340. The minimum Gasteiger partial charge on any atom is -0.507 e. The number of hydrogen-bond acceptors (Lipinski definition) is 3. The monoisotopic (exact) mass is 950 g/mol. The number of phenolic OH excluding ortho intramolecular Hbond substituents is 1. The summed E-state index contributed by atoms with van der Waals surface area (Å²) in [5.74, 6) is 0.869. The van der Waals surface area contributed by atoms with Gasteiger partial charge < -0.3 is 5.11 Å². The van der Waals surface area contributed by atoms with Gasteiger partial charge in [0, 0.05) is 28.5 Å². The van der Waals surface area contributed by atoms with Gasteiger partial charge in [0.05, 0.1) is 30.7 Å². The number of aromatic hydroxyl groups is 1. The van der Waals surface area contributed by atoms with Crippen molar-refractivity contribution in [1.29, 1.82) is 0 Å². The van der Waals surface area contributed by atoms with Gasteiger partial charge in [0.2, 0.25) is 0 Å². The zero-order chi connectivity index (χ0) is 53.4. The molecule has 9 aromatic rings. The van der Waals surface area contributed by atoms with Crippen LogP contribution in [0.1, 0.15) is 134 Å². The molecular weight excluding hydrogens is 875 g/mol. The lowest BCUT2D eigenvalue weighted by atomic mass is 9.79. The molecule has 4 heteroatoms. The minimum atomic E-state index is -0.361. The fourth-order valence-electron chi connectivity index (χ4n) is 9.82. The summed E-state index contributed by atoms with van der Waals surface area (Å²) >= 11 is 0. The second-order valence-electron chi connectivity index (χ2n) is 24.9. The van der Waals surface area contributed by atoms with Crippen molar-refractivity contribution in [3.63, 3.8) is 0 Å². The first kappa shape index (κ1) is 47.3. The van der Waals surface area contributed by atoms with Crippen molar-refractivity contribution in [3.8, 4) is 78.6 Å². The van der Waals surface area contributed by atoms with E-state index in [0.717, 1.165) is 72.4 Å². The van der Waals surface area contributed by atoms with Gasteiger partial charge in [0.25, 0.3) is 0 Å². The van der Waals surface area contributed by atoms with Crippen LogP contribution in [-0.2, 0) is 27.1 Å². The molecule has 0 aliphatic rings. The third-order valence-electron chi connectivity index (χ3n) is 14.1. The average molecular weight is 950 g/mol. The van der Waals surface area contributed by atoms with E-state index in [2.05, 4.69) is 242 Å². The molecule has 0 saturated heterocycles. The summed E-state index contributed by atoms with van der Waals surface area (Å²) in [7, 11) is 0. The van der Waals surface area contributed by atoms with E-state index in [1.165, 1.54) is 16.7 Å². The summed E-state index contributed by atoms with van der Waals surface area (Å²) < 4.78 is 21.2. The number of benzene rings is 7. The molecule has 0 aliphatic carbocycles. The summed E-state index contributed by atoms with van der Waals surface area (Å²) in [6, 6.07) is 51.8. The molecule has 2 aromatic heterocycles. The van der Waals surface area contributed by atoms with Gasteiger partial charge in [0.1, 0.15) is 11.6 Å². The van der Waals surface area contributed by atoms with E-state index >= 15 is 0 Å². The zero-order valence-electron chi connectivity index (χ0n) is 47.2. The number of nitrogens with zero attached hydrogens (tertiary/aromatic N) is 3. The summed E-state index contributed by atoms with van der Waals surface area (Å²) in [5.41, 5.74) is 16.8. The number of rotatable bonds is 7. The third kappa shape index (κ3) is 9.81. The van der Waals surface area contributed by atoms with Crippen molar-refractivity contribution in [3.05, 3.63) is 192 Å². The summed E-state index contributed by atoms with van der Waals surface area (Å²) in [6.07, 6.45) is 1.59.